The standard InChI is InChI=1S/C19H26N4O4/c1-12-8-14(13(2)21-12)9-23(11-15-10-22(3)6-7-26-15)19(25)17-5-4-16(27-17)18(20)24/h4-5,8,15,21H,6-7,9-11H2,1-3H3,(H2,20,24)/t15-/m1/s1. The first-order chi connectivity index (χ1) is 12.8. The summed E-state index contributed by atoms with van der Waals surface area (Å²) in [5, 5.41) is 0. The smallest absolute Gasteiger partial charge is 0.289 e. The highest BCUT2D eigenvalue weighted by Crippen LogP contribution is 2.18. The number of furan rings is 1. The number of morpholine rings is 1. The number of ether oxygens (including phenoxy) is 1. The predicted octanol–water partition coefficient (Wildman–Crippen LogP) is 1.30. The number of rotatable bonds is 6. The molecule has 1 saturated heterocycles. The Morgan fingerprint density at radius 1 is 1.33 bits per heavy atom. The summed E-state index contributed by atoms with van der Waals surface area (Å²) in [6, 6.07) is 4.93. The lowest BCUT2D eigenvalue weighted by molar-refractivity contribution is -0.0339. The van der Waals surface area contributed by atoms with Crippen molar-refractivity contribution in [2.75, 3.05) is 33.3 Å². The highest BCUT2D eigenvalue weighted by Gasteiger charge is 2.27. The topological polar surface area (TPSA) is 105 Å². The fraction of sp³-hybridized carbons (Fsp3) is 0.474. The first-order valence-electron chi connectivity index (χ1n) is 8.97. The van der Waals surface area contributed by atoms with E-state index in [-0.39, 0.29) is 23.5 Å². The van der Waals surface area contributed by atoms with Crippen molar-refractivity contribution in [2.45, 2.75) is 26.5 Å². The van der Waals surface area contributed by atoms with Crippen LogP contribution in [0.4, 0.5) is 0 Å². The van der Waals surface area contributed by atoms with Crippen LogP contribution in [-0.4, -0.2) is 66.0 Å². The van der Waals surface area contributed by atoms with Crippen molar-refractivity contribution in [2.24, 2.45) is 5.73 Å². The molecule has 0 aliphatic carbocycles. The van der Waals surface area contributed by atoms with Crippen LogP contribution in [-0.2, 0) is 11.3 Å². The Balaban J connectivity index is 1.82. The number of aromatic amines is 1. The van der Waals surface area contributed by atoms with Crippen LogP contribution in [0.5, 0.6) is 0 Å². The lowest BCUT2D eigenvalue weighted by atomic mass is 10.2. The molecule has 3 N–H and O–H groups in total. The van der Waals surface area contributed by atoms with E-state index in [1.54, 1.807) is 4.90 Å². The van der Waals surface area contributed by atoms with Crippen LogP contribution in [0.15, 0.2) is 22.6 Å². The molecule has 2 aromatic rings. The molecule has 1 aliphatic rings. The number of hydrogen-bond acceptors (Lipinski definition) is 5. The van der Waals surface area contributed by atoms with Gasteiger partial charge in [-0.1, -0.05) is 0 Å². The van der Waals surface area contributed by atoms with Crippen molar-refractivity contribution < 1.29 is 18.7 Å². The molecule has 0 unspecified atom stereocenters. The van der Waals surface area contributed by atoms with Gasteiger partial charge in [0.2, 0.25) is 0 Å². The van der Waals surface area contributed by atoms with Crippen molar-refractivity contribution in [3.63, 3.8) is 0 Å². The first-order valence-corrected chi connectivity index (χ1v) is 8.97. The second-order valence-electron chi connectivity index (χ2n) is 7.07. The maximum Gasteiger partial charge on any atom is 0.289 e. The van der Waals surface area contributed by atoms with Crippen molar-refractivity contribution in [3.8, 4) is 0 Å². The summed E-state index contributed by atoms with van der Waals surface area (Å²) in [7, 11) is 2.03. The molecule has 3 heterocycles. The fourth-order valence-corrected chi connectivity index (χ4v) is 3.33. The number of likely N-dealkylation sites (N-methyl/N-ethyl adjacent to an activating group) is 1. The summed E-state index contributed by atoms with van der Waals surface area (Å²) in [5.74, 6) is -0.925. The molecule has 0 bridgehead atoms. The molecule has 2 aromatic heterocycles. The average molecular weight is 374 g/mol. The largest absolute Gasteiger partial charge is 0.446 e. The zero-order valence-corrected chi connectivity index (χ0v) is 15.9. The van der Waals surface area contributed by atoms with E-state index in [9.17, 15) is 9.59 Å². The second kappa shape index (κ2) is 7.98. The van der Waals surface area contributed by atoms with E-state index >= 15 is 0 Å². The lowest BCUT2D eigenvalue weighted by Gasteiger charge is -2.33. The Kier molecular flexibility index (Phi) is 5.67. The zero-order valence-electron chi connectivity index (χ0n) is 15.9. The molecule has 0 saturated carbocycles. The van der Waals surface area contributed by atoms with Gasteiger partial charge in [0.1, 0.15) is 0 Å². The number of carbonyl (C=O) groups is 2. The Labute approximate surface area is 158 Å². The molecule has 8 nitrogen and oxygen atoms in total. The molecule has 1 atom stereocenters. The summed E-state index contributed by atoms with van der Waals surface area (Å²) in [6.45, 7) is 7.07. The normalized spacial score (nSPS) is 17.8. The van der Waals surface area contributed by atoms with Crippen molar-refractivity contribution in [1.82, 2.24) is 14.8 Å². The van der Waals surface area contributed by atoms with Crippen molar-refractivity contribution in [1.29, 1.82) is 0 Å². The Morgan fingerprint density at radius 2 is 2.07 bits per heavy atom. The molecule has 8 heteroatoms. The van der Waals surface area contributed by atoms with Gasteiger partial charge in [0.05, 0.1) is 12.7 Å². The van der Waals surface area contributed by atoms with E-state index in [1.165, 1.54) is 12.1 Å². The number of amides is 2. The van der Waals surface area contributed by atoms with Gasteiger partial charge in [0.25, 0.3) is 11.8 Å². The Bertz CT molecular complexity index is 826. The van der Waals surface area contributed by atoms with Crippen LogP contribution in [0.3, 0.4) is 0 Å². The van der Waals surface area contributed by atoms with Gasteiger partial charge in [-0.05, 0) is 44.7 Å². The van der Waals surface area contributed by atoms with Crippen LogP contribution in [0, 0.1) is 13.8 Å². The third kappa shape index (κ3) is 4.58. The minimum atomic E-state index is -0.699. The van der Waals surface area contributed by atoms with E-state index in [0.29, 0.717) is 19.7 Å². The summed E-state index contributed by atoms with van der Waals surface area (Å²) in [4.78, 5) is 31.5. The summed E-state index contributed by atoms with van der Waals surface area (Å²) < 4.78 is 11.2. The van der Waals surface area contributed by atoms with E-state index in [4.69, 9.17) is 14.9 Å². The molecular weight excluding hydrogens is 348 g/mol. The molecule has 2 amide bonds. The summed E-state index contributed by atoms with van der Waals surface area (Å²) in [5.41, 5.74) is 8.32. The van der Waals surface area contributed by atoms with Gasteiger partial charge in [-0.25, -0.2) is 0 Å². The zero-order chi connectivity index (χ0) is 19.6. The van der Waals surface area contributed by atoms with Crippen LogP contribution in [0.2, 0.25) is 0 Å². The number of aromatic nitrogens is 1. The Morgan fingerprint density at radius 3 is 2.67 bits per heavy atom. The maximum absolute atomic E-state index is 13.1. The molecule has 27 heavy (non-hydrogen) atoms. The minimum absolute atomic E-state index is 0.0272. The number of carbonyl (C=O) groups excluding carboxylic acids is 2. The van der Waals surface area contributed by atoms with Crippen LogP contribution >= 0.6 is 0 Å². The number of aryl methyl sites for hydroxylation is 2. The van der Waals surface area contributed by atoms with Crippen LogP contribution < -0.4 is 5.73 Å². The van der Waals surface area contributed by atoms with E-state index < -0.39 is 5.91 Å². The van der Waals surface area contributed by atoms with E-state index in [2.05, 4.69) is 9.88 Å². The fourth-order valence-electron chi connectivity index (χ4n) is 3.33. The molecule has 0 radical (unpaired) electrons. The van der Waals surface area contributed by atoms with Gasteiger partial charge in [0.15, 0.2) is 11.5 Å². The predicted molar refractivity (Wildman–Crippen MR) is 99.5 cm³/mol. The van der Waals surface area contributed by atoms with E-state index in [0.717, 1.165) is 30.0 Å². The molecule has 3 rings (SSSR count). The minimum Gasteiger partial charge on any atom is -0.446 e. The molecular formula is C19H26N4O4. The molecule has 146 valence electrons. The monoisotopic (exact) mass is 374 g/mol. The summed E-state index contributed by atoms with van der Waals surface area (Å²) in [6.07, 6.45) is -0.0846. The lowest BCUT2D eigenvalue weighted by Crippen LogP contribution is -2.47. The molecule has 0 spiro atoms. The highest BCUT2D eigenvalue weighted by molar-refractivity contribution is 5.95. The molecule has 1 fully saturated rings. The van der Waals surface area contributed by atoms with Gasteiger partial charge < -0.3 is 29.7 Å². The number of nitrogens with one attached hydrogen (secondary N) is 1. The van der Waals surface area contributed by atoms with Gasteiger partial charge >= 0.3 is 0 Å². The number of hydrogen-bond donors (Lipinski definition) is 2. The third-order valence-electron chi connectivity index (χ3n) is 4.73. The molecule has 1 aliphatic heterocycles. The van der Waals surface area contributed by atoms with Crippen molar-refractivity contribution in [3.05, 3.63) is 46.7 Å². The maximum atomic E-state index is 13.1. The van der Waals surface area contributed by atoms with Gasteiger partial charge in [0, 0.05) is 37.6 Å². The van der Waals surface area contributed by atoms with Crippen LogP contribution in [0.1, 0.15) is 38.1 Å². The average Bonchev–Trinajstić information content (AvgIpc) is 3.21. The van der Waals surface area contributed by atoms with Gasteiger partial charge in [-0.3, -0.25) is 9.59 Å². The Hall–Kier alpha value is -2.58. The summed E-state index contributed by atoms with van der Waals surface area (Å²) >= 11 is 0. The van der Waals surface area contributed by atoms with Crippen molar-refractivity contribution >= 4 is 11.8 Å². The number of nitrogens with two attached hydrogens (primary N) is 1. The van der Waals surface area contributed by atoms with Gasteiger partial charge in [-0.2, -0.15) is 0 Å². The quantitative estimate of drug-likeness (QED) is 0.793. The van der Waals surface area contributed by atoms with Crippen LogP contribution in [0.25, 0.3) is 0 Å². The van der Waals surface area contributed by atoms with E-state index in [1.807, 2.05) is 27.0 Å². The second-order valence-corrected chi connectivity index (χ2v) is 7.07. The first kappa shape index (κ1) is 19.2. The molecule has 0 aromatic carbocycles. The third-order valence-corrected chi connectivity index (χ3v) is 4.73. The number of nitrogens with zero attached hydrogens (tertiary/aromatic N) is 2. The van der Waals surface area contributed by atoms with Gasteiger partial charge in [-0.15, -0.1) is 0 Å². The highest BCUT2D eigenvalue weighted by atomic mass is 16.5. The number of primary amides is 1. The SMILES string of the molecule is Cc1cc(CN(C[C@H]2CN(C)CCO2)C(=O)c2ccc(C(N)=O)o2)c(C)[nH]1. The number of H-pyrrole nitrogens is 1.